The number of hydrogen-bond acceptors (Lipinski definition) is 2. The van der Waals surface area contributed by atoms with Gasteiger partial charge in [0.1, 0.15) is 0 Å². The van der Waals surface area contributed by atoms with Crippen LogP contribution >= 0.6 is 0 Å². The topological polar surface area (TPSA) is 52.0 Å². The molecule has 164 valence electrons. The van der Waals surface area contributed by atoms with Gasteiger partial charge in [0.05, 0.1) is 0 Å². The second-order valence-electron chi connectivity index (χ2n) is 5.79. The van der Waals surface area contributed by atoms with Crippen molar-refractivity contribution in [2.24, 2.45) is 10.8 Å². The molecular weight excluding hydrogens is 442 g/mol. The lowest BCUT2D eigenvalue weighted by atomic mass is 10.1. The Balaban J connectivity index is 5.12. The van der Waals surface area contributed by atoms with E-state index in [1.165, 1.54) is 0 Å². The third kappa shape index (κ3) is 5.58. The molecule has 17 heteroatoms. The summed E-state index contributed by atoms with van der Waals surface area (Å²) >= 11 is 0. The lowest BCUT2D eigenvalue weighted by Crippen LogP contribution is -2.60. The van der Waals surface area contributed by atoms with Crippen LogP contribution in [0.25, 0.3) is 0 Å². The zero-order chi connectivity index (χ0) is 22.3. The summed E-state index contributed by atoms with van der Waals surface area (Å²) in [6.45, 7) is 0. The van der Waals surface area contributed by atoms with Crippen LogP contribution in [-0.2, 0) is 0 Å². The summed E-state index contributed by atoms with van der Waals surface area (Å²) in [5, 5.41) is 10.1. The van der Waals surface area contributed by atoms with Crippen molar-refractivity contribution in [3.63, 3.8) is 0 Å². The molecule has 4 N–H and O–H groups in total. The second-order valence-corrected chi connectivity index (χ2v) is 9.25. The molecule has 27 heavy (non-hydrogen) atoms. The van der Waals surface area contributed by atoms with Crippen LogP contribution in [0.3, 0.4) is 0 Å². The van der Waals surface area contributed by atoms with Gasteiger partial charge in [-0.1, -0.05) is 0 Å². The summed E-state index contributed by atoms with van der Waals surface area (Å²) in [7, 11) is -4.56. The van der Waals surface area contributed by atoms with E-state index in [0.29, 0.717) is 0 Å². The molecule has 0 atom stereocenters. The third-order valence-electron chi connectivity index (χ3n) is 3.44. The van der Waals surface area contributed by atoms with E-state index in [2.05, 4.69) is 0 Å². The molecule has 0 aromatic rings. The second kappa shape index (κ2) is 7.20. The number of hydrogen-bond donors (Lipinski definition) is 2. The molecule has 0 unspecified atom stereocenters. The zero-order valence-electron chi connectivity index (χ0n) is 12.8. The van der Waals surface area contributed by atoms with Crippen LogP contribution < -0.4 is 10.8 Å². The Labute approximate surface area is 143 Å². The fraction of sp³-hybridized carbons (Fsp3) is 1.00. The molecule has 0 saturated carbocycles. The Morgan fingerprint density at radius 3 is 0.889 bits per heavy atom. The summed E-state index contributed by atoms with van der Waals surface area (Å²) < 4.78 is 174. The van der Waals surface area contributed by atoms with Gasteiger partial charge >= 0.3 is 36.0 Å². The maximum Gasteiger partial charge on any atom is 0.459 e. The molecule has 0 radical (unpaired) electrons. The van der Waals surface area contributed by atoms with Gasteiger partial charge in [-0.3, -0.25) is 0 Å². The maximum atomic E-state index is 13.1. The Bertz CT molecular complexity index is 465. The molecule has 0 bridgehead atoms. The van der Waals surface area contributed by atoms with E-state index in [4.69, 9.17) is 10.8 Å². The van der Waals surface area contributed by atoms with E-state index in [1.807, 2.05) is 0 Å². The van der Waals surface area contributed by atoms with Crippen molar-refractivity contribution in [2.75, 3.05) is 0 Å². The smallest absolute Gasteiger partial charge is 0.339 e. The van der Waals surface area contributed by atoms with E-state index in [9.17, 15) is 61.5 Å². The van der Waals surface area contributed by atoms with Crippen LogP contribution in [0.5, 0.6) is 0 Å². The first-order valence-electron chi connectivity index (χ1n) is 6.64. The molecule has 0 spiro atoms. The molecular formula is C10H12F14N2Si. The van der Waals surface area contributed by atoms with Crippen molar-refractivity contribution in [2.45, 2.75) is 61.0 Å². The first-order valence-corrected chi connectivity index (χ1v) is 9.21. The Morgan fingerprint density at radius 1 is 0.481 bits per heavy atom. The van der Waals surface area contributed by atoms with Crippen LogP contribution in [-0.4, -0.2) is 44.4 Å². The van der Waals surface area contributed by atoms with E-state index >= 15 is 0 Å². The van der Waals surface area contributed by atoms with Gasteiger partial charge in [-0.2, -0.15) is 61.5 Å². The van der Waals surface area contributed by atoms with Gasteiger partial charge in [-0.15, -0.1) is 0 Å². The van der Waals surface area contributed by atoms with Gasteiger partial charge < -0.3 is 10.8 Å². The van der Waals surface area contributed by atoms with Crippen LogP contribution in [0, 0.1) is 0 Å². The molecule has 0 aliphatic rings. The average Bonchev–Trinajstić information content (AvgIpc) is 2.41. The van der Waals surface area contributed by atoms with Crippen LogP contribution in [0.15, 0.2) is 0 Å². The molecule has 0 heterocycles. The van der Waals surface area contributed by atoms with Crippen molar-refractivity contribution in [1.29, 1.82) is 0 Å². The van der Waals surface area contributed by atoms with Crippen LogP contribution in [0.4, 0.5) is 61.5 Å². The van der Waals surface area contributed by atoms with Crippen LogP contribution in [0.1, 0.15) is 12.8 Å². The molecule has 0 saturated heterocycles. The summed E-state index contributed by atoms with van der Waals surface area (Å²) in [6.07, 6.45) is -18.0. The molecule has 2 nitrogen and oxygen atoms in total. The highest BCUT2D eigenvalue weighted by atomic mass is 28.3. The standard InChI is InChI=1S/C10H12F14N2Si/c11-5(12,7(15,16)9(19,20)21)1-3-27(25,26)4-2-6(13,14)8(17,18)10(22,23)24/h1-4,25-26H2. The van der Waals surface area contributed by atoms with Gasteiger partial charge in [0.2, 0.25) is 0 Å². The van der Waals surface area contributed by atoms with Gasteiger partial charge in [0.15, 0.2) is 8.40 Å². The van der Waals surface area contributed by atoms with Gasteiger partial charge in [-0.25, -0.2) is 0 Å². The SMILES string of the molecule is N[Si](N)(CCC(F)(F)C(F)(F)C(F)(F)F)CCC(F)(F)C(F)(F)C(F)(F)F. The summed E-state index contributed by atoms with van der Waals surface area (Å²) in [6, 6.07) is -3.17. The predicted molar refractivity (Wildman–Crippen MR) is 64.9 cm³/mol. The molecule has 0 aromatic heterocycles. The van der Waals surface area contributed by atoms with E-state index in [-0.39, 0.29) is 0 Å². The monoisotopic (exact) mass is 454 g/mol. The fourth-order valence-corrected chi connectivity index (χ4v) is 3.44. The number of halogens is 14. The van der Waals surface area contributed by atoms with Crippen molar-refractivity contribution in [3.05, 3.63) is 0 Å². The molecule has 0 aromatic carbocycles. The van der Waals surface area contributed by atoms with Crippen molar-refractivity contribution < 1.29 is 61.5 Å². The minimum atomic E-state index is -6.67. The average molecular weight is 454 g/mol. The Hall–Kier alpha value is -0.843. The third-order valence-corrected chi connectivity index (χ3v) is 5.80. The minimum Gasteiger partial charge on any atom is -0.339 e. The van der Waals surface area contributed by atoms with E-state index in [0.717, 1.165) is 0 Å². The van der Waals surface area contributed by atoms with Gasteiger partial charge in [-0.05, 0) is 12.1 Å². The van der Waals surface area contributed by atoms with Crippen molar-refractivity contribution >= 4 is 8.40 Å². The van der Waals surface area contributed by atoms with Gasteiger partial charge in [0.25, 0.3) is 0 Å². The highest BCUT2D eigenvalue weighted by molar-refractivity contribution is 6.73. The molecule has 0 rings (SSSR count). The first kappa shape index (κ1) is 26.2. The van der Waals surface area contributed by atoms with Crippen LogP contribution in [0.2, 0.25) is 12.1 Å². The summed E-state index contributed by atoms with van der Waals surface area (Å²) in [5.41, 5.74) is 0. The van der Waals surface area contributed by atoms with E-state index < -0.39 is 69.4 Å². The number of rotatable bonds is 8. The van der Waals surface area contributed by atoms with E-state index in [1.54, 1.807) is 0 Å². The highest BCUT2D eigenvalue weighted by Crippen LogP contribution is 2.50. The summed E-state index contributed by atoms with van der Waals surface area (Å²) in [5.74, 6) is -24.6. The van der Waals surface area contributed by atoms with Gasteiger partial charge in [0, 0.05) is 12.8 Å². The van der Waals surface area contributed by atoms with Crippen molar-refractivity contribution in [1.82, 2.24) is 0 Å². The number of alkyl halides is 14. The Kier molecular flexibility index (Phi) is 6.97. The quantitative estimate of drug-likeness (QED) is 0.409. The lowest BCUT2D eigenvalue weighted by molar-refractivity contribution is -0.355. The predicted octanol–water partition coefficient (Wildman–Crippen LogP) is 4.79. The lowest BCUT2D eigenvalue weighted by Gasteiger charge is -2.32. The molecule has 0 aliphatic heterocycles. The first-order chi connectivity index (χ1) is 11.4. The fourth-order valence-electron chi connectivity index (χ4n) is 1.63. The number of nitrogens with two attached hydrogens (primary N) is 2. The minimum absolute atomic E-state index is 1.58. The maximum absolute atomic E-state index is 13.1. The molecule has 0 amide bonds. The molecule has 0 aliphatic carbocycles. The zero-order valence-corrected chi connectivity index (χ0v) is 13.8. The van der Waals surface area contributed by atoms with Crippen molar-refractivity contribution in [3.8, 4) is 0 Å². The summed E-state index contributed by atoms with van der Waals surface area (Å²) in [4.78, 5) is 0. The normalized spacial score (nSPS) is 16.0. The molecule has 0 fully saturated rings. The largest absolute Gasteiger partial charge is 0.459 e. The highest BCUT2D eigenvalue weighted by Gasteiger charge is 2.73. The Morgan fingerprint density at radius 2 is 0.704 bits per heavy atom.